The summed E-state index contributed by atoms with van der Waals surface area (Å²) in [4.78, 5) is 33.0. The highest BCUT2D eigenvalue weighted by atomic mass is 16.5. The molecule has 1 aromatic heterocycles. The van der Waals surface area contributed by atoms with Crippen molar-refractivity contribution in [1.82, 2.24) is 20.1 Å². The number of pyridine rings is 1. The second-order valence-electron chi connectivity index (χ2n) is 9.98. The minimum atomic E-state index is -1.01. The molecule has 1 aliphatic heterocycles. The lowest BCUT2D eigenvalue weighted by atomic mass is 10.1. The van der Waals surface area contributed by atoms with Crippen LogP contribution in [-0.2, 0) is 29.0 Å². The number of carbonyl (C=O) groups excluding carboxylic acids is 1. The smallest absolute Gasteiger partial charge is 0.326 e. The number of fused-ring (bicyclic) bond motifs is 1. The van der Waals surface area contributed by atoms with Crippen LogP contribution in [0.25, 0.3) is 0 Å². The number of rotatable bonds is 17. The third-order valence-electron chi connectivity index (χ3n) is 7.15. The minimum absolute atomic E-state index is 0.332. The molecule has 39 heavy (non-hydrogen) atoms. The van der Waals surface area contributed by atoms with Gasteiger partial charge in [-0.2, -0.15) is 0 Å². The van der Waals surface area contributed by atoms with Crippen LogP contribution in [-0.4, -0.2) is 83.8 Å². The molecular formula is C30H45N5O4. The zero-order chi connectivity index (χ0) is 27.9. The lowest BCUT2D eigenvalue weighted by Gasteiger charge is -2.26. The first-order valence-electron chi connectivity index (χ1n) is 14.3. The van der Waals surface area contributed by atoms with Gasteiger partial charge in [-0.25, -0.2) is 14.6 Å². The maximum atomic E-state index is 12.5. The summed E-state index contributed by atoms with van der Waals surface area (Å²) in [6, 6.07) is 13.1. The van der Waals surface area contributed by atoms with Crippen molar-refractivity contribution in [2.24, 2.45) is 0 Å². The molecule has 3 rings (SSSR count). The fourth-order valence-electron chi connectivity index (χ4n) is 4.76. The number of carboxylic acid groups (broad SMARTS) is 1. The van der Waals surface area contributed by atoms with Gasteiger partial charge in [0, 0.05) is 38.4 Å². The van der Waals surface area contributed by atoms with Gasteiger partial charge in [-0.1, -0.05) is 36.4 Å². The van der Waals surface area contributed by atoms with E-state index < -0.39 is 12.0 Å². The van der Waals surface area contributed by atoms with Gasteiger partial charge in [0.2, 0.25) is 0 Å². The van der Waals surface area contributed by atoms with Crippen LogP contribution in [0.1, 0.15) is 56.4 Å². The largest absolute Gasteiger partial charge is 0.480 e. The number of aliphatic carboxylic acids is 1. The fourth-order valence-corrected chi connectivity index (χ4v) is 4.76. The van der Waals surface area contributed by atoms with Gasteiger partial charge in [-0.3, -0.25) is 0 Å². The highest BCUT2D eigenvalue weighted by Gasteiger charge is 2.23. The van der Waals surface area contributed by atoms with E-state index in [0.29, 0.717) is 45.8 Å². The molecule has 0 saturated carbocycles. The first-order chi connectivity index (χ1) is 19.0. The van der Waals surface area contributed by atoms with Gasteiger partial charge in [0.15, 0.2) is 0 Å². The predicted molar refractivity (Wildman–Crippen MR) is 154 cm³/mol. The Kier molecular flexibility index (Phi) is 13.0. The van der Waals surface area contributed by atoms with Crippen LogP contribution in [0.3, 0.4) is 0 Å². The summed E-state index contributed by atoms with van der Waals surface area (Å²) in [5.74, 6) is 0.0188. The molecule has 1 aromatic carbocycles. The lowest BCUT2D eigenvalue weighted by molar-refractivity contribution is -0.139. The number of ether oxygens (including phenoxy) is 1. The van der Waals surface area contributed by atoms with Gasteiger partial charge in [0.25, 0.3) is 0 Å². The molecule has 1 atom stereocenters. The van der Waals surface area contributed by atoms with Crippen LogP contribution < -0.4 is 10.6 Å². The summed E-state index contributed by atoms with van der Waals surface area (Å²) in [5, 5.41) is 15.8. The monoisotopic (exact) mass is 539 g/mol. The molecular weight excluding hydrogens is 494 g/mol. The lowest BCUT2D eigenvalue weighted by Crippen LogP contribution is -2.49. The van der Waals surface area contributed by atoms with E-state index in [-0.39, 0.29) is 6.03 Å². The molecule has 9 heteroatoms. The minimum Gasteiger partial charge on any atom is -0.480 e. The second-order valence-corrected chi connectivity index (χ2v) is 9.98. The topological polar surface area (TPSA) is 107 Å². The summed E-state index contributed by atoms with van der Waals surface area (Å²) < 4.78 is 5.91. The second kappa shape index (κ2) is 16.7. The van der Waals surface area contributed by atoms with Gasteiger partial charge in [-0.05, 0) is 76.1 Å². The first-order valence-corrected chi connectivity index (χ1v) is 14.3. The van der Waals surface area contributed by atoms with E-state index in [1.807, 2.05) is 44.2 Å². The van der Waals surface area contributed by atoms with Crippen LogP contribution >= 0.6 is 0 Å². The van der Waals surface area contributed by atoms with Crippen molar-refractivity contribution in [3.05, 3.63) is 59.3 Å². The van der Waals surface area contributed by atoms with Crippen molar-refractivity contribution in [1.29, 1.82) is 0 Å². The summed E-state index contributed by atoms with van der Waals surface area (Å²) in [7, 11) is 0. The summed E-state index contributed by atoms with van der Waals surface area (Å²) in [6.07, 6.45) is 5.44. The molecule has 9 nitrogen and oxygen atoms in total. The summed E-state index contributed by atoms with van der Waals surface area (Å²) in [6.45, 7) is 9.00. The molecule has 0 aliphatic carbocycles. The Hall–Kier alpha value is -3.17. The van der Waals surface area contributed by atoms with Crippen LogP contribution in [0.2, 0.25) is 0 Å². The number of nitrogens with one attached hydrogen (secondary N) is 2. The van der Waals surface area contributed by atoms with Crippen molar-refractivity contribution in [2.45, 2.75) is 65.0 Å². The average Bonchev–Trinajstić information content (AvgIpc) is 2.95. The van der Waals surface area contributed by atoms with E-state index in [1.165, 1.54) is 5.56 Å². The molecule has 0 spiro atoms. The molecule has 1 unspecified atom stereocenters. The third kappa shape index (κ3) is 10.5. The predicted octanol–water partition coefficient (Wildman–Crippen LogP) is 4.18. The quantitative estimate of drug-likeness (QED) is 0.259. The van der Waals surface area contributed by atoms with Crippen molar-refractivity contribution >= 4 is 17.8 Å². The Labute approximate surface area is 232 Å². The molecule has 0 saturated heterocycles. The molecule has 1 aliphatic rings. The number of carbonyl (C=O) groups is 2. The van der Waals surface area contributed by atoms with Crippen molar-refractivity contribution in [2.75, 3.05) is 51.2 Å². The number of benzene rings is 1. The Morgan fingerprint density at radius 1 is 1.08 bits per heavy atom. The molecule has 2 aromatic rings. The first kappa shape index (κ1) is 30.4. The number of nitrogens with zero attached hydrogens (tertiary/aromatic N) is 3. The summed E-state index contributed by atoms with van der Waals surface area (Å²) in [5.41, 5.74) is 3.53. The van der Waals surface area contributed by atoms with E-state index in [0.717, 1.165) is 62.3 Å². The number of carboxylic acids is 1. The number of unbranched alkanes of at least 4 members (excludes halogenated alkanes) is 1. The normalized spacial score (nSPS) is 13.4. The maximum absolute atomic E-state index is 12.5. The number of hydrogen-bond acceptors (Lipinski definition) is 6. The zero-order valence-corrected chi connectivity index (χ0v) is 23.5. The Morgan fingerprint density at radius 2 is 1.87 bits per heavy atom. The van der Waals surface area contributed by atoms with Gasteiger partial charge in [-0.15, -0.1) is 0 Å². The molecule has 0 bridgehead atoms. The number of hydrogen-bond donors (Lipinski definition) is 3. The van der Waals surface area contributed by atoms with Crippen LogP contribution in [0, 0.1) is 0 Å². The number of aromatic nitrogens is 1. The van der Waals surface area contributed by atoms with Crippen LogP contribution in [0.5, 0.6) is 0 Å². The standard InChI is InChI=1S/C30H45N5O4/c1-3-35(4-2)30(38)33-27(29(36)37)17-20-34(21-22-39-23-24-11-6-5-7-12-24)19-9-8-14-26-16-15-25-13-10-18-31-28(25)32-26/h5-7,11-12,15-16,27H,3-4,8-10,13-14,17-23H2,1-2H3,(H,31,32)(H,33,38)(H,36,37). The van der Waals surface area contributed by atoms with Gasteiger partial charge in [0.1, 0.15) is 11.9 Å². The Morgan fingerprint density at radius 3 is 2.62 bits per heavy atom. The maximum Gasteiger partial charge on any atom is 0.326 e. The Bertz CT molecular complexity index is 1020. The molecule has 0 radical (unpaired) electrons. The van der Waals surface area contributed by atoms with Gasteiger partial charge >= 0.3 is 12.0 Å². The summed E-state index contributed by atoms with van der Waals surface area (Å²) >= 11 is 0. The molecule has 0 fully saturated rings. The highest BCUT2D eigenvalue weighted by Crippen LogP contribution is 2.20. The number of amides is 2. The van der Waals surface area contributed by atoms with E-state index in [9.17, 15) is 14.7 Å². The van der Waals surface area contributed by atoms with Crippen LogP contribution in [0.4, 0.5) is 10.6 Å². The van der Waals surface area contributed by atoms with Crippen molar-refractivity contribution in [3.8, 4) is 0 Å². The third-order valence-corrected chi connectivity index (χ3v) is 7.15. The molecule has 3 N–H and O–H groups in total. The van der Waals surface area contributed by atoms with Crippen molar-refractivity contribution < 1.29 is 19.4 Å². The van der Waals surface area contributed by atoms with E-state index in [1.54, 1.807) is 4.90 Å². The van der Waals surface area contributed by atoms with E-state index >= 15 is 0 Å². The van der Waals surface area contributed by atoms with Crippen LogP contribution in [0.15, 0.2) is 42.5 Å². The van der Waals surface area contributed by atoms with Gasteiger partial charge < -0.3 is 30.3 Å². The number of anilines is 1. The van der Waals surface area contributed by atoms with E-state index in [4.69, 9.17) is 9.72 Å². The number of urea groups is 1. The van der Waals surface area contributed by atoms with Gasteiger partial charge in [0.05, 0.1) is 13.2 Å². The molecule has 2 heterocycles. The van der Waals surface area contributed by atoms with E-state index in [2.05, 4.69) is 27.7 Å². The Balaban J connectivity index is 1.50. The number of aryl methyl sites for hydroxylation is 2. The fraction of sp³-hybridized carbons (Fsp3) is 0.567. The molecule has 2 amide bonds. The molecule has 214 valence electrons. The van der Waals surface area contributed by atoms with Crippen molar-refractivity contribution in [3.63, 3.8) is 0 Å². The zero-order valence-electron chi connectivity index (χ0n) is 23.5. The highest BCUT2D eigenvalue weighted by molar-refractivity contribution is 5.82. The average molecular weight is 540 g/mol. The SMILES string of the molecule is CCN(CC)C(=O)NC(CCN(CCCCc1ccc2c(n1)NCCC2)CCOCc1ccccc1)C(=O)O.